The summed E-state index contributed by atoms with van der Waals surface area (Å²) in [4.78, 5) is 18.3. The number of benzene rings is 1. The molecule has 1 aromatic rings. The topological polar surface area (TPSA) is 32.7 Å². The molecule has 1 aliphatic heterocycles. The van der Waals surface area contributed by atoms with Gasteiger partial charge in [0.2, 0.25) is 5.91 Å². The molecule has 3 nitrogen and oxygen atoms in total. The highest BCUT2D eigenvalue weighted by atomic mass is 35.5. The van der Waals surface area contributed by atoms with Gasteiger partial charge in [-0.2, -0.15) is 0 Å². The van der Waals surface area contributed by atoms with Gasteiger partial charge >= 0.3 is 0 Å². The van der Waals surface area contributed by atoms with Crippen LogP contribution in [-0.4, -0.2) is 36.2 Å². The molecule has 2 aliphatic rings. The predicted octanol–water partition coefficient (Wildman–Crippen LogP) is 2.63. The summed E-state index contributed by atoms with van der Waals surface area (Å²) < 4.78 is 0. The van der Waals surface area contributed by atoms with E-state index in [0.29, 0.717) is 5.03 Å². The second-order valence-corrected chi connectivity index (χ2v) is 5.44. The summed E-state index contributed by atoms with van der Waals surface area (Å²) in [5, 5.41) is 0.692. The maximum absolute atomic E-state index is 12.1. The Morgan fingerprint density at radius 2 is 2.05 bits per heavy atom. The van der Waals surface area contributed by atoms with Crippen molar-refractivity contribution >= 4 is 23.2 Å². The van der Waals surface area contributed by atoms with Gasteiger partial charge in [-0.05, 0) is 11.6 Å². The van der Waals surface area contributed by atoms with Crippen LogP contribution in [0.4, 0.5) is 0 Å². The fourth-order valence-electron chi connectivity index (χ4n) is 2.68. The molecule has 2 atom stereocenters. The van der Waals surface area contributed by atoms with E-state index in [-0.39, 0.29) is 24.4 Å². The van der Waals surface area contributed by atoms with Gasteiger partial charge in [-0.15, -0.1) is 0 Å². The molecule has 102 valence electrons. The summed E-state index contributed by atoms with van der Waals surface area (Å²) >= 11 is 6.14. The SMILES string of the molecule is CN1C(=O)CN=C(c2ccccc2)C2C=C(Cl)C=CC21. The maximum atomic E-state index is 12.1. The minimum absolute atomic E-state index is 0.00588. The minimum Gasteiger partial charge on any atom is -0.337 e. The molecule has 3 rings (SSSR count). The number of hydrogen-bond donors (Lipinski definition) is 0. The van der Waals surface area contributed by atoms with Crippen molar-refractivity contribution in [3.63, 3.8) is 0 Å². The van der Waals surface area contributed by atoms with Crippen molar-refractivity contribution in [3.8, 4) is 0 Å². The Morgan fingerprint density at radius 3 is 2.80 bits per heavy atom. The van der Waals surface area contributed by atoms with Gasteiger partial charge in [0.1, 0.15) is 6.54 Å². The molecule has 1 aliphatic carbocycles. The number of halogens is 1. The summed E-state index contributed by atoms with van der Waals surface area (Å²) in [6.07, 6.45) is 5.81. The van der Waals surface area contributed by atoms with Crippen molar-refractivity contribution in [3.05, 3.63) is 59.2 Å². The number of carbonyl (C=O) groups excluding carboxylic acids is 1. The van der Waals surface area contributed by atoms with E-state index in [0.717, 1.165) is 11.3 Å². The van der Waals surface area contributed by atoms with Crippen molar-refractivity contribution < 1.29 is 4.79 Å². The van der Waals surface area contributed by atoms with E-state index in [1.165, 1.54) is 0 Å². The van der Waals surface area contributed by atoms with Gasteiger partial charge in [0.25, 0.3) is 0 Å². The first-order valence-electron chi connectivity index (χ1n) is 6.58. The molecular formula is C16H15ClN2O. The number of rotatable bonds is 1. The molecule has 0 radical (unpaired) electrons. The largest absolute Gasteiger partial charge is 0.337 e. The van der Waals surface area contributed by atoms with Crippen molar-refractivity contribution in [2.24, 2.45) is 10.9 Å². The Labute approximate surface area is 123 Å². The van der Waals surface area contributed by atoms with Crippen LogP contribution in [0.5, 0.6) is 0 Å². The molecule has 0 bridgehead atoms. The van der Waals surface area contributed by atoms with Crippen LogP contribution in [0.15, 0.2) is 58.6 Å². The van der Waals surface area contributed by atoms with Crippen LogP contribution in [0.2, 0.25) is 0 Å². The zero-order chi connectivity index (χ0) is 14.1. The number of aliphatic imine (C=N–C) groups is 1. The fraction of sp³-hybridized carbons (Fsp3) is 0.250. The molecule has 20 heavy (non-hydrogen) atoms. The van der Waals surface area contributed by atoms with Crippen LogP contribution in [0.25, 0.3) is 0 Å². The number of carbonyl (C=O) groups is 1. The number of nitrogens with zero attached hydrogens (tertiary/aromatic N) is 2. The molecule has 0 saturated carbocycles. The van der Waals surface area contributed by atoms with Crippen LogP contribution >= 0.6 is 11.6 Å². The molecule has 0 spiro atoms. The van der Waals surface area contributed by atoms with Crippen LogP contribution in [0.3, 0.4) is 0 Å². The first-order valence-corrected chi connectivity index (χ1v) is 6.95. The number of hydrogen-bond acceptors (Lipinski definition) is 2. The van der Waals surface area contributed by atoms with Gasteiger partial charge in [-0.25, -0.2) is 0 Å². The zero-order valence-electron chi connectivity index (χ0n) is 11.2. The smallest absolute Gasteiger partial charge is 0.244 e. The van der Waals surface area contributed by atoms with E-state index in [1.54, 1.807) is 4.90 Å². The summed E-state index contributed by atoms with van der Waals surface area (Å²) in [5.74, 6) is 0.0355. The Kier molecular flexibility index (Phi) is 3.45. The second kappa shape index (κ2) is 5.25. The van der Waals surface area contributed by atoms with Gasteiger partial charge in [-0.1, -0.05) is 54.1 Å². The van der Waals surface area contributed by atoms with Gasteiger partial charge in [0, 0.05) is 18.0 Å². The minimum atomic E-state index is -0.0218. The molecule has 0 saturated heterocycles. The van der Waals surface area contributed by atoms with Crippen molar-refractivity contribution in [2.75, 3.05) is 13.6 Å². The molecule has 1 heterocycles. The third-order valence-electron chi connectivity index (χ3n) is 3.77. The van der Waals surface area contributed by atoms with E-state index in [9.17, 15) is 4.79 Å². The van der Waals surface area contributed by atoms with Crippen LogP contribution in [-0.2, 0) is 4.79 Å². The molecule has 1 amide bonds. The average Bonchev–Trinajstić information content (AvgIpc) is 2.58. The Hall–Kier alpha value is -1.87. The molecule has 4 heteroatoms. The monoisotopic (exact) mass is 286 g/mol. The lowest BCUT2D eigenvalue weighted by molar-refractivity contribution is -0.129. The Bertz CT molecular complexity index is 619. The van der Waals surface area contributed by atoms with Gasteiger partial charge < -0.3 is 4.90 Å². The third-order valence-corrected chi connectivity index (χ3v) is 4.02. The van der Waals surface area contributed by atoms with E-state index in [1.807, 2.05) is 55.6 Å². The summed E-state index contributed by atoms with van der Waals surface area (Å²) in [6, 6.07) is 9.95. The molecular weight excluding hydrogens is 272 g/mol. The average molecular weight is 287 g/mol. The first kappa shape index (κ1) is 13.1. The first-order chi connectivity index (χ1) is 9.66. The normalized spacial score (nSPS) is 25.7. The molecule has 0 N–H and O–H groups in total. The van der Waals surface area contributed by atoms with Gasteiger partial charge in [0.05, 0.1) is 11.8 Å². The Balaban J connectivity index is 2.08. The molecule has 0 fully saturated rings. The Morgan fingerprint density at radius 1 is 1.30 bits per heavy atom. The number of fused-ring (bicyclic) bond motifs is 1. The van der Waals surface area contributed by atoms with E-state index in [4.69, 9.17) is 11.6 Å². The number of allylic oxidation sites excluding steroid dienone is 2. The highest BCUT2D eigenvalue weighted by molar-refractivity contribution is 6.31. The molecule has 1 aromatic carbocycles. The molecule has 0 aromatic heterocycles. The van der Waals surface area contributed by atoms with Crippen molar-refractivity contribution in [2.45, 2.75) is 6.04 Å². The standard InChI is InChI=1S/C16H15ClN2O/c1-19-14-8-7-12(17)9-13(14)16(18-10-15(19)20)11-5-3-2-4-6-11/h2-9,13-14H,10H2,1H3. The lowest BCUT2D eigenvalue weighted by Crippen LogP contribution is -2.42. The summed E-state index contributed by atoms with van der Waals surface area (Å²) in [6.45, 7) is 0.188. The van der Waals surface area contributed by atoms with E-state index < -0.39 is 0 Å². The molecule has 2 unspecified atom stereocenters. The van der Waals surface area contributed by atoms with E-state index in [2.05, 4.69) is 4.99 Å². The highest BCUT2D eigenvalue weighted by Gasteiger charge is 2.33. The van der Waals surface area contributed by atoms with Crippen LogP contribution in [0, 0.1) is 5.92 Å². The summed E-state index contributed by atoms with van der Waals surface area (Å²) in [5.41, 5.74) is 1.97. The summed E-state index contributed by atoms with van der Waals surface area (Å²) in [7, 11) is 1.82. The maximum Gasteiger partial charge on any atom is 0.244 e. The number of amides is 1. The van der Waals surface area contributed by atoms with E-state index >= 15 is 0 Å². The second-order valence-electron chi connectivity index (χ2n) is 5.00. The van der Waals surface area contributed by atoms with Crippen molar-refractivity contribution in [1.29, 1.82) is 0 Å². The predicted molar refractivity (Wildman–Crippen MR) is 81.0 cm³/mol. The van der Waals surface area contributed by atoms with Gasteiger partial charge in [0.15, 0.2) is 0 Å². The third kappa shape index (κ3) is 2.29. The lowest BCUT2D eigenvalue weighted by atomic mass is 9.86. The quantitative estimate of drug-likeness (QED) is 0.781. The van der Waals surface area contributed by atoms with Crippen LogP contribution in [0.1, 0.15) is 5.56 Å². The lowest BCUT2D eigenvalue weighted by Gasteiger charge is -2.31. The zero-order valence-corrected chi connectivity index (χ0v) is 11.9. The van der Waals surface area contributed by atoms with Gasteiger partial charge in [-0.3, -0.25) is 9.79 Å². The van der Waals surface area contributed by atoms with Crippen LogP contribution < -0.4 is 0 Å². The van der Waals surface area contributed by atoms with Crippen molar-refractivity contribution in [1.82, 2.24) is 4.90 Å². The fourth-order valence-corrected chi connectivity index (χ4v) is 2.88. The highest BCUT2D eigenvalue weighted by Crippen LogP contribution is 2.28. The number of likely N-dealkylation sites (N-methyl/N-ethyl adjacent to an activating group) is 1.